The SMILES string of the molecule is C1=CC2(CCC1)CCNC2. The van der Waals surface area contributed by atoms with Gasteiger partial charge in [-0.2, -0.15) is 0 Å². The lowest BCUT2D eigenvalue weighted by Crippen LogP contribution is -2.22. The second kappa shape index (κ2) is 2.39. The van der Waals surface area contributed by atoms with Crippen molar-refractivity contribution in [3.8, 4) is 0 Å². The van der Waals surface area contributed by atoms with E-state index >= 15 is 0 Å². The summed E-state index contributed by atoms with van der Waals surface area (Å²) in [7, 11) is 0. The molecule has 1 aliphatic heterocycles. The Morgan fingerprint density at radius 1 is 1.30 bits per heavy atom. The zero-order valence-electron chi connectivity index (χ0n) is 6.40. The first-order chi connectivity index (χ1) is 4.91. The van der Waals surface area contributed by atoms with E-state index in [1.165, 1.54) is 38.8 Å². The number of nitrogens with one attached hydrogen (secondary N) is 1. The second-order valence-corrected chi connectivity index (χ2v) is 3.58. The first-order valence-electron chi connectivity index (χ1n) is 4.30. The Hall–Kier alpha value is -0.300. The van der Waals surface area contributed by atoms with E-state index in [1.807, 2.05) is 0 Å². The maximum atomic E-state index is 3.43. The Morgan fingerprint density at radius 2 is 2.30 bits per heavy atom. The molecule has 1 saturated heterocycles. The fraction of sp³-hybridized carbons (Fsp3) is 0.778. The van der Waals surface area contributed by atoms with Crippen LogP contribution in [-0.4, -0.2) is 13.1 Å². The van der Waals surface area contributed by atoms with Gasteiger partial charge in [0.05, 0.1) is 0 Å². The minimum atomic E-state index is 0.582. The van der Waals surface area contributed by atoms with Crippen LogP contribution in [0, 0.1) is 5.41 Å². The quantitative estimate of drug-likeness (QED) is 0.501. The van der Waals surface area contributed by atoms with E-state index in [1.54, 1.807) is 0 Å². The lowest BCUT2D eigenvalue weighted by Gasteiger charge is -2.26. The molecule has 1 heteroatoms. The smallest absolute Gasteiger partial charge is 0.00430 e. The standard InChI is InChI=1S/C9H15N/c1-2-4-9(5-3-1)6-7-10-8-9/h2,4,10H,1,3,5-8H2. The molecule has 0 radical (unpaired) electrons. The molecular formula is C9H15N. The summed E-state index contributed by atoms with van der Waals surface area (Å²) in [6.45, 7) is 2.45. The highest BCUT2D eigenvalue weighted by Gasteiger charge is 2.31. The molecule has 1 spiro atoms. The van der Waals surface area contributed by atoms with Gasteiger partial charge in [-0.3, -0.25) is 0 Å². The van der Waals surface area contributed by atoms with Crippen LogP contribution in [-0.2, 0) is 0 Å². The van der Waals surface area contributed by atoms with Gasteiger partial charge in [-0.15, -0.1) is 0 Å². The lowest BCUT2D eigenvalue weighted by molar-refractivity contribution is 0.364. The van der Waals surface area contributed by atoms with Crippen molar-refractivity contribution in [2.24, 2.45) is 5.41 Å². The monoisotopic (exact) mass is 137 g/mol. The van der Waals surface area contributed by atoms with E-state index in [0.29, 0.717) is 5.41 Å². The van der Waals surface area contributed by atoms with E-state index in [0.717, 1.165) is 0 Å². The average Bonchev–Trinajstić information content (AvgIpc) is 2.39. The molecule has 0 bridgehead atoms. The summed E-state index contributed by atoms with van der Waals surface area (Å²) < 4.78 is 0. The Labute approximate surface area is 62.5 Å². The molecule has 1 heterocycles. The average molecular weight is 137 g/mol. The van der Waals surface area contributed by atoms with Gasteiger partial charge in [0.25, 0.3) is 0 Å². The highest BCUT2D eigenvalue weighted by atomic mass is 14.9. The Bertz CT molecular complexity index is 143. The van der Waals surface area contributed by atoms with Crippen LogP contribution in [0.15, 0.2) is 12.2 Å². The van der Waals surface area contributed by atoms with Gasteiger partial charge in [0.15, 0.2) is 0 Å². The van der Waals surface area contributed by atoms with E-state index in [9.17, 15) is 0 Å². The maximum Gasteiger partial charge on any atom is 0.00430 e. The van der Waals surface area contributed by atoms with E-state index < -0.39 is 0 Å². The topological polar surface area (TPSA) is 12.0 Å². The molecule has 2 aliphatic rings. The zero-order valence-corrected chi connectivity index (χ0v) is 6.40. The second-order valence-electron chi connectivity index (χ2n) is 3.58. The number of allylic oxidation sites excluding steroid dienone is 1. The van der Waals surface area contributed by atoms with E-state index in [2.05, 4.69) is 17.5 Å². The van der Waals surface area contributed by atoms with Crippen LogP contribution in [0.1, 0.15) is 25.7 Å². The summed E-state index contributed by atoms with van der Waals surface area (Å²) in [6, 6.07) is 0. The number of rotatable bonds is 0. The summed E-state index contributed by atoms with van der Waals surface area (Å²) in [5, 5.41) is 3.43. The molecule has 0 amide bonds. The van der Waals surface area contributed by atoms with Crippen LogP contribution in [0.4, 0.5) is 0 Å². The lowest BCUT2D eigenvalue weighted by atomic mass is 9.78. The van der Waals surface area contributed by atoms with Crippen molar-refractivity contribution < 1.29 is 0 Å². The summed E-state index contributed by atoms with van der Waals surface area (Å²) in [5.41, 5.74) is 0.582. The van der Waals surface area contributed by atoms with Gasteiger partial charge in [0.1, 0.15) is 0 Å². The van der Waals surface area contributed by atoms with Gasteiger partial charge in [0.2, 0.25) is 0 Å². The molecule has 1 unspecified atom stereocenters. The molecule has 1 fully saturated rings. The molecule has 56 valence electrons. The molecule has 2 rings (SSSR count). The normalized spacial score (nSPS) is 39.2. The summed E-state index contributed by atoms with van der Waals surface area (Å²) in [5.74, 6) is 0. The molecule has 0 saturated carbocycles. The van der Waals surface area contributed by atoms with Crippen LogP contribution in [0.5, 0.6) is 0 Å². The van der Waals surface area contributed by atoms with Gasteiger partial charge in [-0.25, -0.2) is 0 Å². The van der Waals surface area contributed by atoms with Crippen LogP contribution in [0.3, 0.4) is 0 Å². The molecule has 10 heavy (non-hydrogen) atoms. The van der Waals surface area contributed by atoms with Gasteiger partial charge in [0, 0.05) is 12.0 Å². The molecule has 1 nitrogen and oxygen atoms in total. The van der Waals surface area contributed by atoms with Crippen LogP contribution < -0.4 is 5.32 Å². The summed E-state index contributed by atoms with van der Waals surface area (Å²) in [4.78, 5) is 0. The van der Waals surface area contributed by atoms with Gasteiger partial charge in [-0.1, -0.05) is 12.2 Å². The molecule has 0 aromatic rings. The van der Waals surface area contributed by atoms with Gasteiger partial charge < -0.3 is 5.32 Å². The predicted molar refractivity (Wildman–Crippen MR) is 42.9 cm³/mol. The molecule has 1 N–H and O–H groups in total. The van der Waals surface area contributed by atoms with Gasteiger partial charge in [-0.05, 0) is 32.2 Å². The minimum absolute atomic E-state index is 0.582. The summed E-state index contributed by atoms with van der Waals surface area (Å²) >= 11 is 0. The number of hydrogen-bond acceptors (Lipinski definition) is 1. The number of hydrogen-bond donors (Lipinski definition) is 1. The first-order valence-corrected chi connectivity index (χ1v) is 4.30. The first kappa shape index (κ1) is 6.41. The molecule has 0 aromatic heterocycles. The van der Waals surface area contributed by atoms with Crippen molar-refractivity contribution in [1.29, 1.82) is 0 Å². The van der Waals surface area contributed by atoms with Crippen LogP contribution in [0.25, 0.3) is 0 Å². The molecular weight excluding hydrogens is 122 g/mol. The Kier molecular flexibility index (Phi) is 1.53. The van der Waals surface area contributed by atoms with E-state index in [-0.39, 0.29) is 0 Å². The largest absolute Gasteiger partial charge is 0.316 e. The zero-order chi connectivity index (χ0) is 6.86. The fourth-order valence-corrected chi connectivity index (χ4v) is 2.11. The Balaban J connectivity index is 2.11. The maximum absolute atomic E-state index is 3.43. The Morgan fingerprint density at radius 3 is 2.90 bits per heavy atom. The highest BCUT2D eigenvalue weighted by Crippen LogP contribution is 2.35. The van der Waals surface area contributed by atoms with Crippen molar-refractivity contribution in [3.05, 3.63) is 12.2 Å². The predicted octanol–water partition coefficient (Wildman–Crippen LogP) is 1.71. The van der Waals surface area contributed by atoms with Crippen molar-refractivity contribution in [2.45, 2.75) is 25.7 Å². The van der Waals surface area contributed by atoms with Crippen molar-refractivity contribution in [1.82, 2.24) is 5.32 Å². The summed E-state index contributed by atoms with van der Waals surface area (Å²) in [6.07, 6.45) is 10.3. The van der Waals surface area contributed by atoms with Crippen molar-refractivity contribution >= 4 is 0 Å². The van der Waals surface area contributed by atoms with Crippen LogP contribution >= 0.6 is 0 Å². The van der Waals surface area contributed by atoms with Crippen LogP contribution in [0.2, 0.25) is 0 Å². The van der Waals surface area contributed by atoms with Crippen molar-refractivity contribution in [3.63, 3.8) is 0 Å². The van der Waals surface area contributed by atoms with Gasteiger partial charge >= 0.3 is 0 Å². The molecule has 1 atom stereocenters. The van der Waals surface area contributed by atoms with Crippen molar-refractivity contribution in [2.75, 3.05) is 13.1 Å². The third-order valence-electron chi connectivity index (χ3n) is 2.79. The minimum Gasteiger partial charge on any atom is -0.316 e. The third-order valence-corrected chi connectivity index (χ3v) is 2.79. The fourth-order valence-electron chi connectivity index (χ4n) is 2.11. The molecule has 0 aromatic carbocycles. The highest BCUT2D eigenvalue weighted by molar-refractivity contribution is 5.07. The third kappa shape index (κ3) is 0.988. The molecule has 1 aliphatic carbocycles. The van der Waals surface area contributed by atoms with E-state index in [4.69, 9.17) is 0 Å².